The van der Waals surface area contributed by atoms with Gasteiger partial charge in [-0.1, -0.05) is 6.92 Å². The zero-order valence-corrected chi connectivity index (χ0v) is 20.8. The number of aromatic amines is 2. The van der Waals surface area contributed by atoms with Gasteiger partial charge in [-0.2, -0.15) is 9.97 Å². The Balaban J connectivity index is 0.000000208. The van der Waals surface area contributed by atoms with Gasteiger partial charge >= 0.3 is 5.97 Å². The van der Waals surface area contributed by atoms with Crippen LogP contribution in [0.15, 0.2) is 15.8 Å². The van der Waals surface area contributed by atoms with Crippen molar-refractivity contribution in [2.75, 3.05) is 23.3 Å². The zero-order chi connectivity index (χ0) is 27.4. The van der Waals surface area contributed by atoms with Crippen molar-refractivity contribution in [2.45, 2.75) is 58.3 Å². The number of hydrogen-bond acceptors (Lipinski definition) is 13. The summed E-state index contributed by atoms with van der Waals surface area (Å²) >= 11 is 0. The summed E-state index contributed by atoms with van der Waals surface area (Å²) in [5.74, 6) is -0.269. The van der Waals surface area contributed by atoms with Crippen molar-refractivity contribution >= 4 is 34.8 Å². The van der Waals surface area contributed by atoms with Crippen LogP contribution in [0.1, 0.15) is 44.9 Å². The third kappa shape index (κ3) is 6.56. The van der Waals surface area contributed by atoms with Crippen molar-refractivity contribution in [3.63, 3.8) is 0 Å². The Bertz CT molecular complexity index is 1390. The fourth-order valence-electron chi connectivity index (χ4n) is 3.82. The molecule has 0 bridgehead atoms. The molecule has 15 heteroatoms. The van der Waals surface area contributed by atoms with Gasteiger partial charge in [0.2, 0.25) is 11.9 Å². The summed E-state index contributed by atoms with van der Waals surface area (Å²) in [5, 5.41) is 22.1. The van der Waals surface area contributed by atoms with E-state index in [1.54, 1.807) is 6.92 Å². The molecule has 37 heavy (non-hydrogen) atoms. The van der Waals surface area contributed by atoms with E-state index in [1.165, 1.54) is 20.0 Å². The molecule has 3 aromatic heterocycles. The number of rotatable bonds is 5. The summed E-state index contributed by atoms with van der Waals surface area (Å²) in [6.07, 6.45) is -0.201. The molecular formula is C22H31N9O6. The molecule has 0 aromatic carbocycles. The van der Waals surface area contributed by atoms with Crippen LogP contribution in [0.5, 0.6) is 0 Å². The van der Waals surface area contributed by atoms with E-state index >= 15 is 0 Å². The Morgan fingerprint density at radius 1 is 1.08 bits per heavy atom. The lowest BCUT2D eigenvalue weighted by molar-refractivity contribution is -0.146. The van der Waals surface area contributed by atoms with Gasteiger partial charge in [-0.3, -0.25) is 24.4 Å². The molecule has 0 saturated carbocycles. The fourth-order valence-corrected chi connectivity index (χ4v) is 3.82. The van der Waals surface area contributed by atoms with Gasteiger partial charge in [0.15, 0.2) is 11.2 Å². The molecule has 200 valence electrons. The van der Waals surface area contributed by atoms with Crippen LogP contribution in [0, 0.1) is 5.92 Å². The molecule has 0 aliphatic carbocycles. The van der Waals surface area contributed by atoms with E-state index < -0.39 is 17.8 Å². The Hall–Kier alpha value is -4.11. The topological polar surface area (TPSA) is 248 Å². The number of aliphatic hydroxyl groups excluding tert-OH is 2. The van der Waals surface area contributed by atoms with Crippen molar-refractivity contribution in [3.8, 4) is 0 Å². The highest BCUT2D eigenvalue weighted by molar-refractivity contribution is 5.69. The van der Waals surface area contributed by atoms with E-state index in [0.29, 0.717) is 30.0 Å². The fraction of sp³-hybridized carbons (Fsp3) is 0.500. The van der Waals surface area contributed by atoms with Crippen LogP contribution >= 0.6 is 0 Å². The largest absolute Gasteiger partial charge is 0.462 e. The van der Waals surface area contributed by atoms with Crippen molar-refractivity contribution in [1.29, 1.82) is 0 Å². The second-order valence-corrected chi connectivity index (χ2v) is 8.88. The third-order valence-corrected chi connectivity index (χ3v) is 5.99. The van der Waals surface area contributed by atoms with Crippen molar-refractivity contribution < 1.29 is 19.7 Å². The predicted molar refractivity (Wildman–Crippen MR) is 135 cm³/mol. The molecule has 5 atom stereocenters. The van der Waals surface area contributed by atoms with E-state index in [9.17, 15) is 24.6 Å². The number of nitrogen functional groups attached to an aromatic ring is 2. The zero-order valence-electron chi connectivity index (χ0n) is 20.8. The summed E-state index contributed by atoms with van der Waals surface area (Å²) < 4.78 is 5.10. The van der Waals surface area contributed by atoms with Crippen molar-refractivity contribution in [1.82, 2.24) is 29.9 Å². The quantitative estimate of drug-likeness (QED) is 0.201. The maximum atomic E-state index is 11.8. The first-order valence-corrected chi connectivity index (χ1v) is 11.6. The molecular weight excluding hydrogens is 486 g/mol. The number of aromatic nitrogens is 6. The summed E-state index contributed by atoms with van der Waals surface area (Å²) in [6, 6.07) is 0. The maximum absolute atomic E-state index is 11.8. The van der Waals surface area contributed by atoms with E-state index in [0.717, 1.165) is 0 Å². The number of carbonyl (C=O) groups is 1. The first-order valence-electron chi connectivity index (χ1n) is 11.6. The van der Waals surface area contributed by atoms with Crippen LogP contribution in [-0.2, 0) is 16.0 Å². The second kappa shape index (κ2) is 11.3. The van der Waals surface area contributed by atoms with E-state index in [2.05, 4.69) is 35.2 Å². The highest BCUT2D eigenvalue weighted by Crippen LogP contribution is 2.23. The molecule has 1 unspecified atom stereocenters. The van der Waals surface area contributed by atoms with Crippen LogP contribution in [-0.4, -0.2) is 70.9 Å². The number of esters is 1. The Kier molecular flexibility index (Phi) is 8.39. The van der Waals surface area contributed by atoms with Gasteiger partial charge in [0.05, 0.1) is 29.7 Å². The number of nitrogens with two attached hydrogens (primary N) is 2. The SMILES string of the molecule is CC(=O)O[C@@H](C)[C@H](C)c1cnc2nc(N)[nH]c(=O)c2n1.C[C@H](O)[C@H](O)C1CNc2nc(N)[nH]c(=O)c2C1. The van der Waals surface area contributed by atoms with Crippen LogP contribution < -0.4 is 27.9 Å². The van der Waals surface area contributed by atoms with Crippen LogP contribution in [0.2, 0.25) is 0 Å². The standard InChI is InChI=1S/C12H15N5O3.C10H16N4O3/c1-5(6(2)20-7(3)18)8-4-14-10-9(15-8)11(19)17-12(13)16-10;1-4(15)7(16)5-2-6-8(12-3-5)13-10(11)14-9(6)17/h4-6H,1-3H3,(H3,13,14,16,17,19);4-5,7,15-16H,2-3H2,1H3,(H4,11,12,13,14,17)/t5-,6-;4-,5?,7-/m00/s1. The van der Waals surface area contributed by atoms with Crippen molar-refractivity contribution in [2.24, 2.45) is 5.92 Å². The number of ether oxygens (including phenoxy) is 1. The smallest absolute Gasteiger partial charge is 0.302 e. The van der Waals surface area contributed by atoms with Gasteiger partial charge < -0.3 is 31.7 Å². The van der Waals surface area contributed by atoms with Gasteiger partial charge in [-0.05, 0) is 20.3 Å². The molecule has 0 saturated heterocycles. The molecule has 0 fully saturated rings. The number of nitrogens with zero attached hydrogens (tertiary/aromatic N) is 4. The third-order valence-electron chi connectivity index (χ3n) is 5.99. The van der Waals surface area contributed by atoms with Crippen LogP contribution in [0.25, 0.3) is 11.2 Å². The molecule has 15 nitrogen and oxygen atoms in total. The molecule has 4 rings (SSSR count). The minimum atomic E-state index is -0.868. The Labute approximate surface area is 210 Å². The number of fused-ring (bicyclic) bond motifs is 2. The van der Waals surface area contributed by atoms with Gasteiger partial charge in [0.25, 0.3) is 11.1 Å². The monoisotopic (exact) mass is 517 g/mol. The average Bonchev–Trinajstić information content (AvgIpc) is 2.82. The molecule has 0 amide bonds. The molecule has 0 radical (unpaired) electrons. The highest BCUT2D eigenvalue weighted by atomic mass is 16.5. The maximum Gasteiger partial charge on any atom is 0.302 e. The number of H-pyrrole nitrogens is 2. The average molecular weight is 518 g/mol. The lowest BCUT2D eigenvalue weighted by Gasteiger charge is -2.29. The molecule has 1 aliphatic rings. The number of carbonyl (C=O) groups excluding carboxylic acids is 1. The van der Waals surface area contributed by atoms with Crippen LogP contribution in [0.4, 0.5) is 17.7 Å². The minimum Gasteiger partial charge on any atom is -0.462 e. The van der Waals surface area contributed by atoms with E-state index in [1.807, 2.05) is 6.92 Å². The number of nitrogens with one attached hydrogen (secondary N) is 3. The first-order chi connectivity index (χ1) is 17.4. The lowest BCUT2D eigenvalue weighted by atomic mass is 9.89. The lowest BCUT2D eigenvalue weighted by Crippen LogP contribution is -2.41. The van der Waals surface area contributed by atoms with E-state index in [-0.39, 0.29) is 52.5 Å². The van der Waals surface area contributed by atoms with Gasteiger partial charge in [0.1, 0.15) is 11.9 Å². The summed E-state index contributed by atoms with van der Waals surface area (Å²) in [4.78, 5) is 55.3. The summed E-state index contributed by atoms with van der Waals surface area (Å²) in [5.41, 5.74) is 11.4. The minimum absolute atomic E-state index is 0.00844. The Morgan fingerprint density at radius 3 is 2.38 bits per heavy atom. The number of anilines is 3. The van der Waals surface area contributed by atoms with Crippen LogP contribution in [0.3, 0.4) is 0 Å². The molecule has 4 heterocycles. The van der Waals surface area contributed by atoms with Gasteiger partial charge in [-0.25, -0.2) is 9.97 Å². The normalized spacial score (nSPS) is 17.8. The molecule has 9 N–H and O–H groups in total. The van der Waals surface area contributed by atoms with Gasteiger partial charge in [-0.15, -0.1) is 0 Å². The highest BCUT2D eigenvalue weighted by Gasteiger charge is 2.30. The summed E-state index contributed by atoms with van der Waals surface area (Å²) in [7, 11) is 0. The number of aliphatic hydroxyl groups is 2. The van der Waals surface area contributed by atoms with Gasteiger partial charge in [0, 0.05) is 25.3 Å². The predicted octanol–water partition coefficient (Wildman–Crippen LogP) is -0.972. The second-order valence-electron chi connectivity index (χ2n) is 8.88. The summed E-state index contributed by atoms with van der Waals surface area (Å²) in [6.45, 7) is 6.90. The Morgan fingerprint density at radius 2 is 1.73 bits per heavy atom. The van der Waals surface area contributed by atoms with Crippen molar-refractivity contribution in [3.05, 3.63) is 38.2 Å². The molecule has 3 aromatic rings. The van der Waals surface area contributed by atoms with E-state index in [4.69, 9.17) is 16.2 Å². The first kappa shape index (κ1) is 27.5. The number of hydrogen-bond donors (Lipinski definition) is 7. The molecule has 0 spiro atoms. The molecule has 1 aliphatic heterocycles.